The van der Waals surface area contributed by atoms with Gasteiger partial charge in [-0.05, 0) is 92.6 Å². The molecule has 0 spiro atoms. The van der Waals surface area contributed by atoms with Crippen LogP contribution in [0, 0.1) is 20.8 Å². The molecule has 1 saturated heterocycles. The lowest BCUT2D eigenvalue weighted by Gasteiger charge is -2.28. The second-order valence-corrected chi connectivity index (χ2v) is 9.52. The van der Waals surface area contributed by atoms with Crippen molar-refractivity contribution in [1.82, 2.24) is 19.9 Å². The van der Waals surface area contributed by atoms with Crippen molar-refractivity contribution in [2.24, 2.45) is 0 Å². The van der Waals surface area contributed by atoms with Gasteiger partial charge in [-0.1, -0.05) is 28.1 Å². The molecule has 0 saturated carbocycles. The summed E-state index contributed by atoms with van der Waals surface area (Å²) >= 11 is 9.51. The molecule has 0 amide bonds. The van der Waals surface area contributed by atoms with Crippen LogP contribution in [0.2, 0.25) is 0 Å². The third-order valence-corrected chi connectivity index (χ3v) is 7.39. The molecule has 4 aromatic rings. The Kier molecular flexibility index (Phi) is 5.76. The first-order chi connectivity index (χ1) is 16.0. The van der Waals surface area contributed by atoms with Gasteiger partial charge in [-0.3, -0.25) is 4.98 Å². The fourth-order valence-electron chi connectivity index (χ4n) is 4.65. The minimum Gasteiger partial charge on any atom is -0.351 e. The first-order valence-electron chi connectivity index (χ1n) is 10.8. The van der Waals surface area contributed by atoms with Crippen molar-refractivity contribution in [2.45, 2.75) is 32.9 Å². The van der Waals surface area contributed by atoms with Crippen molar-refractivity contribution < 1.29 is 0 Å². The zero-order valence-electron chi connectivity index (χ0n) is 18.7. The van der Waals surface area contributed by atoms with Crippen molar-refractivity contribution in [3.63, 3.8) is 0 Å². The van der Waals surface area contributed by atoms with Crippen LogP contribution in [0.5, 0.6) is 0 Å². The van der Waals surface area contributed by atoms with Crippen molar-refractivity contribution >= 4 is 38.9 Å². The summed E-state index contributed by atoms with van der Waals surface area (Å²) < 4.78 is 3.28. The molecule has 5 nitrogen and oxygen atoms in total. The first kappa shape index (κ1) is 21.8. The highest BCUT2D eigenvalue weighted by molar-refractivity contribution is 9.10. The number of nitrogens with one attached hydrogen (secondary N) is 1. The molecule has 1 N–H and O–H groups in total. The summed E-state index contributed by atoms with van der Waals surface area (Å²) in [4.78, 5) is 11.5. The molecule has 2 atom stereocenters. The maximum Gasteiger partial charge on any atom is 0.174 e. The summed E-state index contributed by atoms with van der Waals surface area (Å²) in [5.74, 6) is 0.910. The summed E-state index contributed by atoms with van der Waals surface area (Å²) in [7, 11) is 0. The summed E-state index contributed by atoms with van der Waals surface area (Å²) in [6, 6.07) is 20.5. The quantitative estimate of drug-likeness (QED) is 0.329. The van der Waals surface area contributed by atoms with Gasteiger partial charge < -0.3 is 14.8 Å². The molecule has 1 aliphatic rings. The van der Waals surface area contributed by atoms with Crippen molar-refractivity contribution in [2.75, 3.05) is 4.90 Å². The Balaban J connectivity index is 1.69. The van der Waals surface area contributed by atoms with Crippen LogP contribution in [0.3, 0.4) is 0 Å². The molecular formula is C26H24BrN5S. The molecule has 3 aromatic heterocycles. The van der Waals surface area contributed by atoms with E-state index in [0.29, 0.717) is 5.11 Å². The summed E-state index contributed by atoms with van der Waals surface area (Å²) in [6.07, 6.45) is 3.66. The van der Waals surface area contributed by atoms with Crippen molar-refractivity contribution in [3.05, 3.63) is 106 Å². The molecule has 1 aromatic carbocycles. The average Bonchev–Trinajstić information content (AvgIpc) is 3.32. The molecule has 33 heavy (non-hydrogen) atoms. The van der Waals surface area contributed by atoms with Gasteiger partial charge in [-0.2, -0.15) is 0 Å². The molecule has 7 heteroatoms. The average molecular weight is 518 g/mol. The van der Waals surface area contributed by atoms with E-state index in [1.165, 1.54) is 5.56 Å². The Morgan fingerprint density at radius 2 is 1.70 bits per heavy atom. The molecule has 4 heterocycles. The van der Waals surface area contributed by atoms with E-state index in [2.05, 4.69) is 91.8 Å². The van der Waals surface area contributed by atoms with Crippen molar-refractivity contribution in [3.8, 4) is 5.82 Å². The van der Waals surface area contributed by atoms with Gasteiger partial charge in [-0.25, -0.2) is 4.98 Å². The van der Waals surface area contributed by atoms with Crippen LogP contribution < -0.4 is 10.2 Å². The van der Waals surface area contributed by atoms with E-state index in [9.17, 15) is 0 Å². The third kappa shape index (κ3) is 3.85. The molecule has 5 rings (SSSR count). The lowest BCUT2D eigenvalue weighted by molar-refractivity contribution is 0.565. The molecule has 0 aliphatic carbocycles. The zero-order chi connectivity index (χ0) is 23.1. The number of halogens is 1. The van der Waals surface area contributed by atoms with Gasteiger partial charge in [0.15, 0.2) is 5.11 Å². The minimum atomic E-state index is -0.0830. The van der Waals surface area contributed by atoms with Crippen LogP contribution in [0.25, 0.3) is 5.82 Å². The lowest BCUT2D eigenvalue weighted by atomic mass is 9.96. The van der Waals surface area contributed by atoms with E-state index in [4.69, 9.17) is 12.2 Å². The Bertz CT molecular complexity index is 1320. The Morgan fingerprint density at radius 3 is 2.36 bits per heavy atom. The largest absolute Gasteiger partial charge is 0.351 e. The molecule has 0 bridgehead atoms. The second-order valence-electron chi connectivity index (χ2n) is 8.28. The molecular weight excluding hydrogens is 494 g/mol. The van der Waals surface area contributed by atoms with Gasteiger partial charge in [0.1, 0.15) is 5.82 Å². The number of aromatic nitrogens is 3. The highest BCUT2D eigenvalue weighted by Crippen LogP contribution is 2.44. The second kappa shape index (κ2) is 8.72. The van der Waals surface area contributed by atoms with Crippen LogP contribution in [-0.4, -0.2) is 19.6 Å². The number of hydrogen-bond donors (Lipinski definition) is 1. The number of aryl methyl sites for hydroxylation is 2. The fourth-order valence-corrected chi connectivity index (χ4v) is 5.25. The van der Waals surface area contributed by atoms with Gasteiger partial charge >= 0.3 is 0 Å². The standard InChI is InChI=1S/C26H24BrN5S/c1-16-14-19(10-11-21(16)27)32-25(24(30-26(32)33)22-8-4-6-12-28-22)20-15-17(2)31(18(20)3)23-9-5-7-13-29-23/h4-15,24-25H,1-3H3,(H,30,33)/t24-,25+/m1/s1. The Hall–Kier alpha value is -3.03. The maximum absolute atomic E-state index is 5.89. The smallest absolute Gasteiger partial charge is 0.174 e. The number of benzene rings is 1. The number of hydrogen-bond acceptors (Lipinski definition) is 3. The monoisotopic (exact) mass is 517 g/mol. The summed E-state index contributed by atoms with van der Waals surface area (Å²) in [5.41, 5.74) is 6.65. The van der Waals surface area contributed by atoms with Crippen molar-refractivity contribution in [1.29, 1.82) is 0 Å². The Labute approximate surface area is 207 Å². The number of pyridine rings is 2. The van der Waals surface area contributed by atoms with Crippen LogP contribution in [0.15, 0.2) is 77.5 Å². The van der Waals surface area contributed by atoms with Gasteiger partial charge in [0, 0.05) is 33.9 Å². The topological polar surface area (TPSA) is 46.0 Å². The normalized spacial score (nSPS) is 17.9. The number of anilines is 1. The zero-order valence-corrected chi connectivity index (χ0v) is 21.1. The first-order valence-corrected chi connectivity index (χ1v) is 12.0. The van der Waals surface area contributed by atoms with Crippen LogP contribution in [0.4, 0.5) is 5.69 Å². The molecule has 0 unspecified atom stereocenters. The molecule has 166 valence electrons. The van der Waals surface area contributed by atoms with E-state index < -0.39 is 0 Å². The Morgan fingerprint density at radius 1 is 0.939 bits per heavy atom. The highest BCUT2D eigenvalue weighted by Gasteiger charge is 2.42. The summed E-state index contributed by atoms with van der Waals surface area (Å²) in [6.45, 7) is 6.37. The highest BCUT2D eigenvalue weighted by atomic mass is 79.9. The number of rotatable bonds is 4. The van der Waals surface area contributed by atoms with E-state index in [1.807, 2.05) is 42.7 Å². The SMILES string of the molecule is Cc1cc(N2C(=S)N[C@H](c3ccccn3)[C@@H]2c2cc(C)n(-c3ccccn3)c2C)ccc1Br. The molecule has 0 radical (unpaired) electrons. The van der Waals surface area contributed by atoms with E-state index in [1.54, 1.807) is 0 Å². The molecule has 1 fully saturated rings. The predicted molar refractivity (Wildman–Crippen MR) is 140 cm³/mol. The maximum atomic E-state index is 5.89. The van der Waals surface area contributed by atoms with E-state index >= 15 is 0 Å². The van der Waals surface area contributed by atoms with Crippen LogP contribution >= 0.6 is 28.1 Å². The third-order valence-electron chi connectivity index (χ3n) is 6.19. The van der Waals surface area contributed by atoms with E-state index in [0.717, 1.165) is 38.6 Å². The van der Waals surface area contributed by atoms with Gasteiger partial charge in [0.2, 0.25) is 0 Å². The van der Waals surface area contributed by atoms with Gasteiger partial charge in [0.05, 0.1) is 17.8 Å². The number of nitrogens with zero attached hydrogens (tertiary/aromatic N) is 4. The van der Waals surface area contributed by atoms with E-state index in [-0.39, 0.29) is 12.1 Å². The van der Waals surface area contributed by atoms with Gasteiger partial charge in [0.25, 0.3) is 0 Å². The molecule has 1 aliphatic heterocycles. The summed E-state index contributed by atoms with van der Waals surface area (Å²) in [5, 5.41) is 4.25. The van der Waals surface area contributed by atoms with Crippen LogP contribution in [-0.2, 0) is 0 Å². The van der Waals surface area contributed by atoms with Crippen LogP contribution in [0.1, 0.15) is 40.3 Å². The van der Waals surface area contributed by atoms with Gasteiger partial charge in [-0.15, -0.1) is 0 Å². The minimum absolute atomic E-state index is 0.0587. The lowest BCUT2D eigenvalue weighted by Crippen LogP contribution is -2.29. The predicted octanol–water partition coefficient (Wildman–Crippen LogP) is 6.13. The number of thiocarbonyl (C=S) groups is 1. The fraction of sp³-hybridized carbons (Fsp3) is 0.192.